The van der Waals surface area contributed by atoms with Gasteiger partial charge in [0.2, 0.25) is 0 Å². The second-order valence-corrected chi connectivity index (χ2v) is 10.3. The van der Waals surface area contributed by atoms with Crippen LogP contribution in [0.1, 0.15) is 51.4 Å². The normalized spacial score (nSPS) is 30.4. The third-order valence-electron chi connectivity index (χ3n) is 5.05. The van der Waals surface area contributed by atoms with E-state index in [0.29, 0.717) is 25.7 Å². The highest BCUT2D eigenvalue weighted by Gasteiger charge is 2.64. The van der Waals surface area contributed by atoms with E-state index in [1.165, 1.54) is 0 Å². The summed E-state index contributed by atoms with van der Waals surface area (Å²) in [5.41, 5.74) is 0. The lowest BCUT2D eigenvalue weighted by atomic mass is 9.84. The molecule has 2 aliphatic rings. The Labute approximate surface area is 183 Å². The summed E-state index contributed by atoms with van der Waals surface area (Å²) >= 11 is 3.41. The Morgan fingerprint density at radius 3 is 0.929 bits per heavy atom. The number of hydrogen-bond acceptors (Lipinski definition) is 0. The van der Waals surface area contributed by atoms with Crippen molar-refractivity contribution in [2.24, 2.45) is 11.8 Å². The lowest BCUT2D eigenvalue weighted by Crippen LogP contribution is -2.47. The first kappa shape index (κ1) is 26.8. The first-order valence-corrected chi connectivity index (χ1v) is 11.2. The van der Waals surface area contributed by atoms with E-state index in [9.17, 15) is 43.9 Å². The Kier molecular flexibility index (Phi) is 9.50. The van der Waals surface area contributed by atoms with Gasteiger partial charge in [0, 0.05) is 19.7 Å². The van der Waals surface area contributed by atoms with E-state index in [1.807, 2.05) is 0 Å². The second-order valence-electron chi connectivity index (χ2n) is 7.06. The van der Waals surface area contributed by atoms with Gasteiger partial charge in [0.25, 0.3) is 0 Å². The standard InChI is InChI=1S/2C8H10F5I/c2*9-7(10,8(11,12)13)5-3-1-2-4-6(5)14/h2*5-6H,1-4H2. The quantitative estimate of drug-likeness (QED) is 0.159. The summed E-state index contributed by atoms with van der Waals surface area (Å²) in [5, 5.41) is 0. The van der Waals surface area contributed by atoms with Crippen LogP contribution in [0.15, 0.2) is 0 Å². The monoisotopic (exact) mass is 656 g/mol. The highest BCUT2D eigenvalue weighted by molar-refractivity contribution is 14.1. The largest absolute Gasteiger partial charge is 0.453 e. The fourth-order valence-corrected chi connectivity index (χ4v) is 5.91. The summed E-state index contributed by atoms with van der Waals surface area (Å²) < 4.78 is 123. The lowest BCUT2D eigenvalue weighted by molar-refractivity contribution is -0.304. The predicted molar refractivity (Wildman–Crippen MR) is 102 cm³/mol. The zero-order valence-electron chi connectivity index (χ0n) is 14.5. The van der Waals surface area contributed by atoms with Crippen LogP contribution >= 0.6 is 45.2 Å². The minimum Gasteiger partial charge on any atom is -0.196 e. The molecule has 0 aliphatic heterocycles. The maximum absolute atomic E-state index is 12.9. The molecular weight excluding hydrogens is 636 g/mol. The molecule has 0 spiro atoms. The van der Waals surface area contributed by atoms with Gasteiger partial charge in [-0.25, -0.2) is 0 Å². The molecule has 2 rings (SSSR count). The van der Waals surface area contributed by atoms with Gasteiger partial charge in [-0.3, -0.25) is 0 Å². The smallest absolute Gasteiger partial charge is 0.196 e. The molecule has 0 amide bonds. The molecular formula is C16H20F10I2. The topological polar surface area (TPSA) is 0 Å². The van der Waals surface area contributed by atoms with Crippen molar-refractivity contribution in [3.63, 3.8) is 0 Å². The zero-order chi connectivity index (χ0) is 22.0. The van der Waals surface area contributed by atoms with Crippen LogP contribution in [-0.2, 0) is 0 Å². The van der Waals surface area contributed by atoms with Gasteiger partial charge >= 0.3 is 24.2 Å². The molecule has 28 heavy (non-hydrogen) atoms. The van der Waals surface area contributed by atoms with Crippen LogP contribution < -0.4 is 0 Å². The number of rotatable bonds is 2. The minimum absolute atomic E-state index is 0.0277. The molecule has 0 N–H and O–H groups in total. The summed E-state index contributed by atoms with van der Waals surface area (Å²) in [7, 11) is 0. The van der Waals surface area contributed by atoms with Crippen molar-refractivity contribution < 1.29 is 43.9 Å². The molecule has 0 heterocycles. The third kappa shape index (κ3) is 6.38. The van der Waals surface area contributed by atoms with E-state index in [1.54, 1.807) is 45.2 Å². The summed E-state index contributed by atoms with van der Waals surface area (Å²) in [5.74, 6) is -12.1. The molecule has 0 radical (unpaired) electrons. The highest BCUT2D eigenvalue weighted by atomic mass is 127. The molecule has 0 bridgehead atoms. The fourth-order valence-electron chi connectivity index (χ4n) is 3.41. The van der Waals surface area contributed by atoms with Crippen LogP contribution in [-0.4, -0.2) is 32.0 Å². The Morgan fingerprint density at radius 2 is 0.714 bits per heavy atom. The Morgan fingerprint density at radius 1 is 0.464 bits per heavy atom. The Hall–Kier alpha value is 0.760. The van der Waals surface area contributed by atoms with Gasteiger partial charge < -0.3 is 0 Å². The van der Waals surface area contributed by atoms with Crippen molar-refractivity contribution in [1.82, 2.24) is 0 Å². The van der Waals surface area contributed by atoms with E-state index < -0.39 is 43.9 Å². The molecule has 0 aromatic heterocycles. The highest BCUT2D eigenvalue weighted by Crippen LogP contribution is 2.49. The number of alkyl halides is 12. The van der Waals surface area contributed by atoms with Crippen molar-refractivity contribution in [3.05, 3.63) is 0 Å². The summed E-state index contributed by atoms with van der Waals surface area (Å²) in [6.45, 7) is 0. The fraction of sp³-hybridized carbons (Fsp3) is 1.00. The van der Waals surface area contributed by atoms with Gasteiger partial charge in [-0.1, -0.05) is 70.9 Å². The minimum atomic E-state index is -5.40. The zero-order valence-corrected chi connectivity index (χ0v) is 18.8. The van der Waals surface area contributed by atoms with Gasteiger partial charge in [0.05, 0.1) is 0 Å². The van der Waals surface area contributed by atoms with Crippen LogP contribution in [0.25, 0.3) is 0 Å². The molecule has 4 atom stereocenters. The van der Waals surface area contributed by atoms with Gasteiger partial charge in [-0.2, -0.15) is 43.9 Å². The molecule has 4 unspecified atom stereocenters. The SMILES string of the molecule is FC(F)(F)C(F)(F)C1CCCCC1I.FC(F)(F)C(F)(F)C1CCCCC1I. The lowest BCUT2D eigenvalue weighted by Gasteiger charge is -2.34. The van der Waals surface area contributed by atoms with Gasteiger partial charge in [0.1, 0.15) is 0 Å². The number of halogens is 12. The van der Waals surface area contributed by atoms with Crippen molar-refractivity contribution in [2.45, 2.75) is 83.4 Å². The van der Waals surface area contributed by atoms with Crippen LogP contribution in [0.4, 0.5) is 43.9 Å². The van der Waals surface area contributed by atoms with Gasteiger partial charge in [-0.05, 0) is 25.7 Å². The molecule has 2 fully saturated rings. The molecule has 0 aromatic rings. The predicted octanol–water partition coefficient (Wildman–Crippen LogP) is 8.36. The molecule has 2 aliphatic carbocycles. The second kappa shape index (κ2) is 9.92. The average molecular weight is 656 g/mol. The first-order chi connectivity index (χ1) is 12.5. The molecule has 0 nitrogen and oxygen atoms in total. The number of hydrogen-bond donors (Lipinski definition) is 0. The van der Waals surface area contributed by atoms with Crippen molar-refractivity contribution in [3.8, 4) is 0 Å². The third-order valence-corrected chi connectivity index (χ3v) is 8.03. The Balaban J connectivity index is 0.000000280. The van der Waals surface area contributed by atoms with E-state index in [2.05, 4.69) is 0 Å². The summed E-state index contributed by atoms with van der Waals surface area (Å²) in [6, 6.07) is 0. The van der Waals surface area contributed by atoms with E-state index >= 15 is 0 Å². The maximum Gasteiger partial charge on any atom is 0.453 e. The van der Waals surface area contributed by atoms with Crippen molar-refractivity contribution in [2.75, 3.05) is 0 Å². The van der Waals surface area contributed by atoms with Crippen LogP contribution in [0, 0.1) is 11.8 Å². The maximum atomic E-state index is 12.9. The van der Waals surface area contributed by atoms with E-state index in [0.717, 1.165) is 12.8 Å². The Bertz CT molecular complexity index is 445. The average Bonchev–Trinajstić information content (AvgIpc) is 2.54. The molecule has 2 saturated carbocycles. The van der Waals surface area contributed by atoms with Crippen LogP contribution in [0.2, 0.25) is 0 Å². The van der Waals surface area contributed by atoms with E-state index in [4.69, 9.17) is 0 Å². The van der Waals surface area contributed by atoms with Gasteiger partial charge in [0.15, 0.2) is 0 Å². The summed E-state index contributed by atoms with van der Waals surface area (Å²) in [4.78, 5) is 0. The van der Waals surface area contributed by atoms with E-state index in [-0.39, 0.29) is 12.8 Å². The van der Waals surface area contributed by atoms with Crippen molar-refractivity contribution in [1.29, 1.82) is 0 Å². The molecule has 0 saturated heterocycles. The van der Waals surface area contributed by atoms with Gasteiger partial charge in [-0.15, -0.1) is 0 Å². The molecule has 168 valence electrons. The van der Waals surface area contributed by atoms with Crippen molar-refractivity contribution >= 4 is 45.2 Å². The van der Waals surface area contributed by atoms with Crippen LogP contribution in [0.3, 0.4) is 0 Å². The van der Waals surface area contributed by atoms with Crippen LogP contribution in [0.5, 0.6) is 0 Å². The first-order valence-electron chi connectivity index (χ1n) is 8.70. The molecule has 12 heteroatoms. The summed E-state index contributed by atoms with van der Waals surface area (Å²) in [6.07, 6.45) is -7.52. The molecule has 0 aromatic carbocycles.